The van der Waals surface area contributed by atoms with Crippen LogP contribution in [-0.4, -0.2) is 59.1 Å². The maximum absolute atomic E-state index is 10.5. The van der Waals surface area contributed by atoms with E-state index in [1.54, 1.807) is 0 Å². The van der Waals surface area contributed by atoms with Gasteiger partial charge in [0.1, 0.15) is 13.2 Å². The van der Waals surface area contributed by atoms with Crippen molar-refractivity contribution in [2.24, 2.45) is 0 Å². The van der Waals surface area contributed by atoms with E-state index in [1.807, 2.05) is 0 Å². The van der Waals surface area contributed by atoms with E-state index in [0.717, 1.165) is 0 Å². The maximum Gasteiger partial charge on any atom is 0.302 e. The molecule has 0 saturated carbocycles. The fourth-order valence-electron chi connectivity index (χ4n) is 0.863. The highest BCUT2D eigenvalue weighted by Crippen LogP contribution is 2.06. The molecule has 0 aliphatic heterocycles. The Morgan fingerprint density at radius 1 is 1.00 bits per heavy atom. The summed E-state index contributed by atoms with van der Waals surface area (Å²) in [6, 6.07) is 0. The zero-order valence-corrected chi connectivity index (χ0v) is 10.7. The van der Waals surface area contributed by atoms with Crippen molar-refractivity contribution in [3.8, 4) is 0 Å². The largest absolute Gasteiger partial charge is 0.463 e. The normalized spacial score (nSPS) is 13.9. The predicted octanol–water partition coefficient (Wildman–Crippen LogP) is -0.432. The van der Waals surface area contributed by atoms with E-state index in [4.69, 9.17) is 0 Å². The molecule has 17 heavy (non-hydrogen) atoms. The number of carbonyl (C=O) groups is 2. The van der Waals surface area contributed by atoms with E-state index in [1.165, 1.54) is 25.6 Å². The molecular weight excluding hydrogens is 248 g/mol. The van der Waals surface area contributed by atoms with E-state index < -0.39 is 24.1 Å². The Morgan fingerprint density at radius 2 is 1.35 bits per heavy atom. The van der Waals surface area contributed by atoms with Gasteiger partial charge in [0.05, 0.1) is 12.2 Å². The first kappa shape index (κ1) is 16.2. The van der Waals surface area contributed by atoms with Gasteiger partial charge in [0.15, 0.2) is 0 Å². The number of hydrogen-bond donors (Lipinski definition) is 2. The molecule has 6 nitrogen and oxygen atoms in total. The van der Waals surface area contributed by atoms with Crippen molar-refractivity contribution in [1.82, 2.24) is 0 Å². The minimum atomic E-state index is -0.759. The molecule has 0 spiro atoms. The first-order valence-electron chi connectivity index (χ1n) is 5.12. The molecule has 0 bridgehead atoms. The summed E-state index contributed by atoms with van der Waals surface area (Å²) in [5.41, 5.74) is 0. The summed E-state index contributed by atoms with van der Waals surface area (Å²) < 4.78 is 9.21. The van der Waals surface area contributed by atoms with Gasteiger partial charge >= 0.3 is 11.9 Å². The molecule has 2 unspecified atom stereocenters. The first-order valence-corrected chi connectivity index (χ1v) is 6.28. The van der Waals surface area contributed by atoms with Gasteiger partial charge in [0, 0.05) is 25.4 Å². The van der Waals surface area contributed by atoms with Gasteiger partial charge in [0.25, 0.3) is 0 Å². The molecule has 0 aromatic heterocycles. The number of carbonyl (C=O) groups excluding carboxylic acids is 2. The number of aliphatic hydroxyl groups excluding tert-OH is 2. The molecule has 0 aliphatic carbocycles. The summed E-state index contributed by atoms with van der Waals surface area (Å²) in [4.78, 5) is 20.9. The molecule has 0 aromatic rings. The lowest BCUT2D eigenvalue weighted by Crippen LogP contribution is -2.23. The van der Waals surface area contributed by atoms with Crippen LogP contribution in [0.1, 0.15) is 13.8 Å². The Balaban J connectivity index is 3.48. The van der Waals surface area contributed by atoms with Gasteiger partial charge in [-0.1, -0.05) is 0 Å². The summed E-state index contributed by atoms with van der Waals surface area (Å²) in [5, 5.41) is 18.7. The number of esters is 2. The van der Waals surface area contributed by atoms with Gasteiger partial charge in [-0.2, -0.15) is 11.8 Å². The number of thioether (sulfide) groups is 1. The Labute approximate surface area is 104 Å². The number of ether oxygens (including phenoxy) is 2. The molecule has 2 N–H and O–H groups in total. The average Bonchev–Trinajstić information content (AvgIpc) is 2.23. The monoisotopic (exact) mass is 266 g/mol. The molecule has 0 radical (unpaired) electrons. The Kier molecular flexibility index (Phi) is 8.83. The van der Waals surface area contributed by atoms with Crippen LogP contribution in [0.2, 0.25) is 0 Å². The minimum Gasteiger partial charge on any atom is -0.463 e. The summed E-state index contributed by atoms with van der Waals surface area (Å²) in [6.07, 6.45) is -1.52. The second-order valence-corrected chi connectivity index (χ2v) is 4.53. The fraction of sp³-hybridized carbons (Fsp3) is 0.800. The van der Waals surface area contributed by atoms with Gasteiger partial charge in [-0.25, -0.2) is 0 Å². The van der Waals surface area contributed by atoms with Crippen LogP contribution in [0.5, 0.6) is 0 Å². The minimum absolute atomic E-state index is 0.0532. The lowest BCUT2D eigenvalue weighted by atomic mass is 10.4. The van der Waals surface area contributed by atoms with E-state index in [2.05, 4.69) is 9.47 Å². The third-order valence-electron chi connectivity index (χ3n) is 1.58. The van der Waals surface area contributed by atoms with E-state index in [0.29, 0.717) is 11.5 Å². The fourth-order valence-corrected chi connectivity index (χ4v) is 1.74. The molecule has 0 aromatic carbocycles. The number of hydrogen-bond acceptors (Lipinski definition) is 7. The zero-order chi connectivity index (χ0) is 13.3. The Hall–Kier alpha value is -0.790. The van der Waals surface area contributed by atoms with Crippen LogP contribution in [0.25, 0.3) is 0 Å². The lowest BCUT2D eigenvalue weighted by Gasteiger charge is -2.12. The average molecular weight is 266 g/mol. The van der Waals surface area contributed by atoms with Crippen molar-refractivity contribution >= 4 is 23.7 Å². The van der Waals surface area contributed by atoms with Crippen LogP contribution < -0.4 is 0 Å². The highest BCUT2D eigenvalue weighted by atomic mass is 32.2. The maximum atomic E-state index is 10.5. The SMILES string of the molecule is CC(=O)OCC(O)CSCC(O)COC(C)=O. The van der Waals surface area contributed by atoms with Crippen LogP contribution in [0.4, 0.5) is 0 Å². The van der Waals surface area contributed by atoms with Crippen LogP contribution >= 0.6 is 11.8 Å². The first-order chi connectivity index (χ1) is 7.91. The second-order valence-electron chi connectivity index (χ2n) is 3.45. The Bertz CT molecular complexity index is 221. The second kappa shape index (κ2) is 9.26. The van der Waals surface area contributed by atoms with E-state index in [9.17, 15) is 19.8 Å². The standard InChI is InChI=1S/C10H18O6S/c1-7(11)15-3-9(13)5-17-6-10(14)4-16-8(2)12/h9-10,13-14H,3-6H2,1-2H3. The quantitative estimate of drug-likeness (QED) is 0.576. The van der Waals surface area contributed by atoms with Crippen molar-refractivity contribution in [3.63, 3.8) is 0 Å². The molecule has 0 saturated heterocycles. The molecule has 7 heteroatoms. The van der Waals surface area contributed by atoms with Gasteiger partial charge in [0.2, 0.25) is 0 Å². The summed E-state index contributed by atoms with van der Waals surface area (Å²) in [5.74, 6) is -0.206. The van der Waals surface area contributed by atoms with Crippen molar-refractivity contribution in [3.05, 3.63) is 0 Å². The molecule has 0 aliphatic rings. The molecule has 0 heterocycles. The van der Waals surface area contributed by atoms with Crippen LogP contribution in [0.3, 0.4) is 0 Å². The molecule has 100 valence electrons. The molecule has 2 atom stereocenters. The third kappa shape index (κ3) is 11.5. The smallest absolute Gasteiger partial charge is 0.302 e. The number of aliphatic hydroxyl groups is 2. The molecule has 0 rings (SSSR count). The topological polar surface area (TPSA) is 93.1 Å². The van der Waals surface area contributed by atoms with Gasteiger partial charge in [-0.3, -0.25) is 9.59 Å². The number of rotatable bonds is 8. The molecular formula is C10H18O6S. The van der Waals surface area contributed by atoms with Crippen LogP contribution in [-0.2, 0) is 19.1 Å². The van der Waals surface area contributed by atoms with Gasteiger partial charge in [-0.15, -0.1) is 0 Å². The summed E-state index contributed by atoms with van der Waals surface area (Å²) in [7, 11) is 0. The van der Waals surface area contributed by atoms with Crippen LogP contribution in [0.15, 0.2) is 0 Å². The molecule has 0 amide bonds. The van der Waals surface area contributed by atoms with E-state index in [-0.39, 0.29) is 13.2 Å². The molecule has 0 fully saturated rings. The summed E-state index contributed by atoms with van der Waals surface area (Å²) in [6.45, 7) is 2.43. The highest BCUT2D eigenvalue weighted by Gasteiger charge is 2.10. The highest BCUT2D eigenvalue weighted by molar-refractivity contribution is 7.99. The van der Waals surface area contributed by atoms with Crippen molar-refractivity contribution < 1.29 is 29.3 Å². The predicted molar refractivity (Wildman–Crippen MR) is 62.6 cm³/mol. The lowest BCUT2D eigenvalue weighted by molar-refractivity contribution is -0.144. The van der Waals surface area contributed by atoms with Gasteiger partial charge in [-0.05, 0) is 0 Å². The van der Waals surface area contributed by atoms with Crippen molar-refractivity contribution in [2.75, 3.05) is 24.7 Å². The van der Waals surface area contributed by atoms with Crippen LogP contribution in [0, 0.1) is 0 Å². The van der Waals surface area contributed by atoms with Crippen molar-refractivity contribution in [1.29, 1.82) is 0 Å². The van der Waals surface area contributed by atoms with E-state index >= 15 is 0 Å². The Morgan fingerprint density at radius 3 is 1.65 bits per heavy atom. The van der Waals surface area contributed by atoms with Gasteiger partial charge < -0.3 is 19.7 Å². The van der Waals surface area contributed by atoms with Crippen molar-refractivity contribution in [2.45, 2.75) is 26.1 Å². The zero-order valence-electron chi connectivity index (χ0n) is 9.92. The summed E-state index contributed by atoms with van der Waals surface area (Å²) >= 11 is 1.29. The third-order valence-corrected chi connectivity index (χ3v) is 2.82.